The van der Waals surface area contributed by atoms with Crippen LogP contribution in [0.1, 0.15) is 32.0 Å². The molecule has 0 aliphatic carbocycles. The van der Waals surface area contributed by atoms with Gasteiger partial charge in [-0.2, -0.15) is 0 Å². The minimum absolute atomic E-state index is 0.292. The van der Waals surface area contributed by atoms with Crippen molar-refractivity contribution in [2.75, 3.05) is 6.61 Å². The smallest absolute Gasteiger partial charge is 0.0700 e. The van der Waals surface area contributed by atoms with E-state index < -0.39 is 0 Å². The van der Waals surface area contributed by atoms with Gasteiger partial charge in [0.2, 0.25) is 0 Å². The van der Waals surface area contributed by atoms with Crippen LogP contribution in [0.5, 0.6) is 0 Å². The van der Waals surface area contributed by atoms with Crippen molar-refractivity contribution in [1.82, 2.24) is 10.3 Å². The van der Waals surface area contributed by atoms with Crippen LogP contribution in [0, 0.1) is 0 Å². The summed E-state index contributed by atoms with van der Waals surface area (Å²) < 4.78 is 5.52. The normalized spacial score (nSPS) is 27.9. The predicted molar refractivity (Wildman–Crippen MR) is 59.6 cm³/mol. The van der Waals surface area contributed by atoms with Crippen molar-refractivity contribution in [3.8, 4) is 0 Å². The van der Waals surface area contributed by atoms with Gasteiger partial charge in [0.15, 0.2) is 0 Å². The molecule has 3 heteroatoms. The molecule has 15 heavy (non-hydrogen) atoms. The number of nitrogens with one attached hydrogen (secondary N) is 1. The maximum atomic E-state index is 5.52. The summed E-state index contributed by atoms with van der Waals surface area (Å²) in [6, 6.07) is 6.77. The third-order valence-electron chi connectivity index (χ3n) is 2.97. The van der Waals surface area contributed by atoms with Crippen LogP contribution in [-0.4, -0.2) is 23.7 Å². The Kier molecular flexibility index (Phi) is 3.34. The Bertz CT molecular complexity index is 302. The maximum Gasteiger partial charge on any atom is 0.0700 e. The molecule has 0 radical (unpaired) electrons. The second kappa shape index (κ2) is 4.73. The summed E-state index contributed by atoms with van der Waals surface area (Å²) in [6.07, 6.45) is 3.25. The molecule has 2 heterocycles. The number of hydrogen-bond donors (Lipinski definition) is 1. The van der Waals surface area contributed by atoms with E-state index in [-0.39, 0.29) is 0 Å². The molecule has 2 rings (SSSR count). The summed E-state index contributed by atoms with van der Waals surface area (Å²) in [5.41, 5.74) is 1.09. The second-order valence-corrected chi connectivity index (χ2v) is 4.11. The van der Waals surface area contributed by atoms with Gasteiger partial charge in [-0.3, -0.25) is 4.98 Å². The van der Waals surface area contributed by atoms with E-state index in [0.29, 0.717) is 18.2 Å². The fourth-order valence-corrected chi connectivity index (χ4v) is 1.99. The lowest BCUT2D eigenvalue weighted by atomic mass is 10.1. The third kappa shape index (κ3) is 2.55. The average Bonchev–Trinajstić information content (AvgIpc) is 2.66. The summed E-state index contributed by atoms with van der Waals surface area (Å²) >= 11 is 0. The number of rotatable bonds is 3. The summed E-state index contributed by atoms with van der Waals surface area (Å²) in [4.78, 5) is 4.34. The number of ether oxygens (including phenoxy) is 1. The molecule has 1 N–H and O–H groups in total. The van der Waals surface area contributed by atoms with Gasteiger partial charge in [0.25, 0.3) is 0 Å². The highest BCUT2D eigenvalue weighted by atomic mass is 16.5. The fraction of sp³-hybridized carbons (Fsp3) is 0.583. The van der Waals surface area contributed by atoms with Crippen LogP contribution in [0.2, 0.25) is 0 Å². The lowest BCUT2D eigenvalue weighted by Crippen LogP contribution is -2.36. The second-order valence-electron chi connectivity index (χ2n) is 4.11. The number of nitrogens with zero attached hydrogens (tertiary/aromatic N) is 1. The molecule has 1 aliphatic rings. The zero-order valence-electron chi connectivity index (χ0n) is 9.31. The topological polar surface area (TPSA) is 34.1 Å². The van der Waals surface area contributed by atoms with Crippen LogP contribution in [0.3, 0.4) is 0 Å². The van der Waals surface area contributed by atoms with Crippen molar-refractivity contribution in [2.24, 2.45) is 0 Å². The van der Waals surface area contributed by atoms with E-state index in [1.807, 2.05) is 18.3 Å². The van der Waals surface area contributed by atoms with Crippen LogP contribution in [0.15, 0.2) is 24.4 Å². The summed E-state index contributed by atoms with van der Waals surface area (Å²) in [5.74, 6) is 0. The monoisotopic (exact) mass is 206 g/mol. The van der Waals surface area contributed by atoms with E-state index in [2.05, 4.69) is 30.2 Å². The number of pyridine rings is 1. The minimum Gasteiger partial charge on any atom is -0.377 e. The van der Waals surface area contributed by atoms with Crippen LogP contribution < -0.4 is 5.32 Å². The predicted octanol–water partition coefficient (Wildman–Crippen LogP) is 1.91. The molecular weight excluding hydrogens is 188 g/mol. The fourth-order valence-electron chi connectivity index (χ4n) is 1.99. The van der Waals surface area contributed by atoms with Crippen LogP contribution in [-0.2, 0) is 4.74 Å². The highest BCUT2D eigenvalue weighted by Gasteiger charge is 2.25. The van der Waals surface area contributed by atoms with Crippen molar-refractivity contribution in [3.05, 3.63) is 30.1 Å². The molecular formula is C12H18N2O. The molecule has 0 amide bonds. The van der Waals surface area contributed by atoms with Gasteiger partial charge in [-0.15, -0.1) is 0 Å². The molecule has 0 spiro atoms. The van der Waals surface area contributed by atoms with Gasteiger partial charge < -0.3 is 10.1 Å². The Labute approximate surface area is 90.9 Å². The molecule has 1 aromatic heterocycles. The largest absolute Gasteiger partial charge is 0.377 e. The van der Waals surface area contributed by atoms with Crippen molar-refractivity contribution in [1.29, 1.82) is 0 Å². The Morgan fingerprint density at radius 2 is 2.40 bits per heavy atom. The summed E-state index contributed by atoms with van der Waals surface area (Å²) in [7, 11) is 0. The zero-order valence-corrected chi connectivity index (χ0v) is 9.31. The van der Waals surface area contributed by atoms with Gasteiger partial charge in [-0.05, 0) is 32.4 Å². The molecule has 1 saturated heterocycles. The summed E-state index contributed by atoms with van der Waals surface area (Å²) in [5, 5.41) is 3.56. The first-order valence-electron chi connectivity index (χ1n) is 5.56. The van der Waals surface area contributed by atoms with Gasteiger partial charge in [0.05, 0.1) is 11.8 Å². The van der Waals surface area contributed by atoms with E-state index in [1.165, 1.54) is 0 Å². The Balaban J connectivity index is 1.95. The first kappa shape index (κ1) is 10.6. The van der Waals surface area contributed by atoms with Gasteiger partial charge in [-0.25, -0.2) is 0 Å². The van der Waals surface area contributed by atoms with Crippen molar-refractivity contribution in [3.63, 3.8) is 0 Å². The lowest BCUT2D eigenvalue weighted by Gasteiger charge is -2.21. The quantitative estimate of drug-likeness (QED) is 0.820. The highest BCUT2D eigenvalue weighted by molar-refractivity contribution is 5.08. The van der Waals surface area contributed by atoms with E-state index in [1.54, 1.807) is 0 Å². The molecule has 0 aromatic carbocycles. The van der Waals surface area contributed by atoms with E-state index in [9.17, 15) is 0 Å². The molecule has 0 saturated carbocycles. The molecule has 3 unspecified atom stereocenters. The van der Waals surface area contributed by atoms with Gasteiger partial charge in [0, 0.05) is 24.9 Å². The van der Waals surface area contributed by atoms with Gasteiger partial charge in [-0.1, -0.05) is 6.07 Å². The molecule has 1 aliphatic heterocycles. The van der Waals surface area contributed by atoms with E-state index >= 15 is 0 Å². The van der Waals surface area contributed by atoms with Crippen molar-refractivity contribution < 1.29 is 4.74 Å². The molecule has 0 bridgehead atoms. The molecule has 82 valence electrons. The first-order chi connectivity index (χ1) is 7.27. The number of hydrogen-bond acceptors (Lipinski definition) is 3. The SMILES string of the molecule is CC(NC1CCOC1C)c1ccccn1. The molecule has 1 aromatic rings. The minimum atomic E-state index is 0.292. The average molecular weight is 206 g/mol. The number of aromatic nitrogens is 1. The Morgan fingerprint density at radius 1 is 1.53 bits per heavy atom. The van der Waals surface area contributed by atoms with E-state index in [0.717, 1.165) is 18.7 Å². The molecule has 3 nitrogen and oxygen atoms in total. The van der Waals surface area contributed by atoms with Crippen molar-refractivity contribution >= 4 is 0 Å². The van der Waals surface area contributed by atoms with Crippen LogP contribution >= 0.6 is 0 Å². The lowest BCUT2D eigenvalue weighted by molar-refractivity contribution is 0.111. The standard InChI is InChI=1S/C12H18N2O/c1-9(11-5-3-4-7-13-11)14-12-6-8-15-10(12)2/h3-5,7,9-10,12,14H,6,8H2,1-2H3. The zero-order chi connectivity index (χ0) is 10.7. The molecule has 1 fully saturated rings. The van der Waals surface area contributed by atoms with Crippen molar-refractivity contribution in [2.45, 2.75) is 38.5 Å². The highest BCUT2D eigenvalue weighted by Crippen LogP contribution is 2.17. The van der Waals surface area contributed by atoms with Gasteiger partial charge in [0.1, 0.15) is 0 Å². The van der Waals surface area contributed by atoms with Crippen LogP contribution in [0.4, 0.5) is 0 Å². The Hall–Kier alpha value is -0.930. The van der Waals surface area contributed by atoms with Gasteiger partial charge >= 0.3 is 0 Å². The van der Waals surface area contributed by atoms with Crippen LogP contribution in [0.25, 0.3) is 0 Å². The molecule has 3 atom stereocenters. The summed E-state index contributed by atoms with van der Waals surface area (Å²) in [6.45, 7) is 5.14. The first-order valence-corrected chi connectivity index (χ1v) is 5.56. The maximum absolute atomic E-state index is 5.52. The Morgan fingerprint density at radius 3 is 3.00 bits per heavy atom. The van der Waals surface area contributed by atoms with E-state index in [4.69, 9.17) is 4.74 Å². The third-order valence-corrected chi connectivity index (χ3v) is 2.97.